The second kappa shape index (κ2) is 7.85. The number of pyridine rings is 1. The molecule has 4 heteroatoms. The van der Waals surface area contributed by atoms with Gasteiger partial charge in [-0.3, -0.25) is 9.78 Å². The first-order chi connectivity index (χ1) is 13.6. The molecule has 1 aliphatic heterocycles. The monoisotopic (exact) mass is 372 g/mol. The molecule has 3 aromatic rings. The fourth-order valence-corrected chi connectivity index (χ4v) is 3.53. The van der Waals surface area contributed by atoms with Crippen molar-refractivity contribution in [2.24, 2.45) is 0 Å². The van der Waals surface area contributed by atoms with Crippen molar-refractivity contribution in [3.63, 3.8) is 0 Å². The van der Waals surface area contributed by atoms with Crippen LogP contribution in [0, 0.1) is 13.8 Å². The van der Waals surface area contributed by atoms with Gasteiger partial charge in [-0.1, -0.05) is 35.9 Å². The fraction of sp³-hybridized carbons (Fsp3) is 0.250. The molecule has 0 aliphatic carbocycles. The van der Waals surface area contributed by atoms with Crippen LogP contribution in [0.4, 0.5) is 0 Å². The smallest absolute Gasteiger partial charge is 0.224 e. The maximum absolute atomic E-state index is 12.2. The number of aromatic nitrogens is 1. The van der Waals surface area contributed by atoms with Crippen LogP contribution in [-0.2, 0) is 17.6 Å². The van der Waals surface area contributed by atoms with Crippen molar-refractivity contribution >= 4 is 5.91 Å². The summed E-state index contributed by atoms with van der Waals surface area (Å²) in [6.45, 7) is 4.58. The van der Waals surface area contributed by atoms with Crippen LogP contribution in [0.2, 0.25) is 0 Å². The summed E-state index contributed by atoms with van der Waals surface area (Å²) in [6.07, 6.45) is 3.04. The van der Waals surface area contributed by atoms with E-state index in [1.807, 2.05) is 62.5 Å². The number of benzene rings is 2. The summed E-state index contributed by atoms with van der Waals surface area (Å²) >= 11 is 0. The van der Waals surface area contributed by atoms with E-state index in [4.69, 9.17) is 4.74 Å². The minimum absolute atomic E-state index is 0.0229. The summed E-state index contributed by atoms with van der Waals surface area (Å²) in [4.78, 5) is 16.7. The number of aryl methyl sites for hydroxylation is 2. The highest BCUT2D eigenvalue weighted by molar-refractivity contribution is 5.78. The Bertz CT molecular complexity index is 996. The normalized spacial score (nSPS) is 15.0. The van der Waals surface area contributed by atoms with Crippen LogP contribution < -0.4 is 10.1 Å². The lowest BCUT2D eigenvalue weighted by Gasteiger charge is -2.12. The molecule has 2 aromatic carbocycles. The minimum Gasteiger partial charge on any atom is -0.488 e. The number of rotatable bonds is 5. The average molecular weight is 372 g/mol. The van der Waals surface area contributed by atoms with Gasteiger partial charge in [-0.15, -0.1) is 0 Å². The summed E-state index contributed by atoms with van der Waals surface area (Å²) in [5.41, 5.74) is 6.56. The van der Waals surface area contributed by atoms with Crippen LogP contribution >= 0.6 is 0 Å². The highest BCUT2D eigenvalue weighted by atomic mass is 16.5. The molecule has 1 unspecified atom stereocenters. The standard InChI is InChI=1S/C24H24N2O2/c1-16-4-3-5-18(10-16)11-24(27)26-15-21-13-20-12-19(7-9-23(20)28-21)22-8-6-17(2)14-25-22/h3-10,12,14,21H,11,13,15H2,1-2H3,(H,26,27). The first-order valence-corrected chi connectivity index (χ1v) is 9.62. The van der Waals surface area contributed by atoms with Gasteiger partial charge in [0.25, 0.3) is 0 Å². The Morgan fingerprint density at radius 3 is 2.79 bits per heavy atom. The molecule has 142 valence electrons. The van der Waals surface area contributed by atoms with E-state index in [1.165, 1.54) is 5.56 Å². The van der Waals surface area contributed by atoms with Gasteiger partial charge in [0.1, 0.15) is 11.9 Å². The molecule has 0 fully saturated rings. The first-order valence-electron chi connectivity index (χ1n) is 9.62. The van der Waals surface area contributed by atoms with E-state index in [1.54, 1.807) is 0 Å². The molecule has 28 heavy (non-hydrogen) atoms. The molecule has 0 bridgehead atoms. The molecule has 0 saturated carbocycles. The van der Waals surface area contributed by atoms with Crippen molar-refractivity contribution < 1.29 is 9.53 Å². The molecule has 1 N–H and O–H groups in total. The van der Waals surface area contributed by atoms with E-state index in [9.17, 15) is 4.79 Å². The summed E-state index contributed by atoms with van der Waals surface area (Å²) in [7, 11) is 0. The van der Waals surface area contributed by atoms with Gasteiger partial charge in [0.05, 0.1) is 18.7 Å². The highest BCUT2D eigenvalue weighted by Crippen LogP contribution is 2.32. The Balaban J connectivity index is 1.34. The molecule has 0 spiro atoms. The quantitative estimate of drug-likeness (QED) is 0.736. The van der Waals surface area contributed by atoms with Crippen molar-refractivity contribution in [2.75, 3.05) is 6.54 Å². The van der Waals surface area contributed by atoms with E-state index in [0.29, 0.717) is 13.0 Å². The van der Waals surface area contributed by atoms with Gasteiger partial charge in [0, 0.05) is 18.2 Å². The van der Waals surface area contributed by atoms with Crippen LogP contribution in [0.15, 0.2) is 60.8 Å². The zero-order valence-corrected chi connectivity index (χ0v) is 16.2. The Morgan fingerprint density at radius 2 is 2.00 bits per heavy atom. The zero-order chi connectivity index (χ0) is 19.5. The van der Waals surface area contributed by atoms with Crippen molar-refractivity contribution in [2.45, 2.75) is 32.8 Å². The highest BCUT2D eigenvalue weighted by Gasteiger charge is 2.23. The van der Waals surface area contributed by atoms with Crippen LogP contribution in [0.3, 0.4) is 0 Å². The average Bonchev–Trinajstić information content (AvgIpc) is 3.09. The molecular formula is C24H24N2O2. The summed E-state index contributed by atoms with van der Waals surface area (Å²) < 4.78 is 6.00. The molecule has 2 heterocycles. The van der Waals surface area contributed by atoms with Gasteiger partial charge >= 0.3 is 0 Å². The number of fused-ring (bicyclic) bond motifs is 1. The molecule has 1 aromatic heterocycles. The number of hydrogen-bond acceptors (Lipinski definition) is 3. The van der Waals surface area contributed by atoms with E-state index in [2.05, 4.69) is 22.4 Å². The lowest BCUT2D eigenvalue weighted by atomic mass is 10.0. The molecule has 0 saturated heterocycles. The minimum atomic E-state index is -0.0299. The third-order valence-corrected chi connectivity index (χ3v) is 4.98. The number of carbonyl (C=O) groups excluding carboxylic acids is 1. The largest absolute Gasteiger partial charge is 0.488 e. The van der Waals surface area contributed by atoms with Crippen molar-refractivity contribution in [3.8, 4) is 17.0 Å². The maximum Gasteiger partial charge on any atom is 0.224 e. The zero-order valence-electron chi connectivity index (χ0n) is 16.2. The summed E-state index contributed by atoms with van der Waals surface area (Å²) in [5, 5.41) is 3.00. The van der Waals surface area contributed by atoms with Gasteiger partial charge in [-0.2, -0.15) is 0 Å². The first kappa shape index (κ1) is 18.2. The van der Waals surface area contributed by atoms with Crippen molar-refractivity contribution in [3.05, 3.63) is 83.0 Å². The number of ether oxygens (including phenoxy) is 1. The summed E-state index contributed by atoms with van der Waals surface area (Å²) in [5.74, 6) is 0.920. The molecule has 4 nitrogen and oxygen atoms in total. The van der Waals surface area contributed by atoms with E-state index in [0.717, 1.165) is 40.1 Å². The van der Waals surface area contributed by atoms with Gasteiger partial charge in [0.2, 0.25) is 5.91 Å². The van der Waals surface area contributed by atoms with Gasteiger partial charge in [-0.25, -0.2) is 0 Å². The molecular weight excluding hydrogens is 348 g/mol. The predicted octanol–water partition coefficient (Wildman–Crippen LogP) is 4.03. The lowest BCUT2D eigenvalue weighted by Crippen LogP contribution is -2.35. The Labute approximate surface area is 165 Å². The lowest BCUT2D eigenvalue weighted by molar-refractivity contribution is -0.120. The Morgan fingerprint density at radius 1 is 1.11 bits per heavy atom. The molecule has 1 aliphatic rings. The molecule has 1 atom stereocenters. The second-order valence-electron chi connectivity index (χ2n) is 7.46. The topological polar surface area (TPSA) is 51.2 Å². The predicted molar refractivity (Wildman–Crippen MR) is 110 cm³/mol. The SMILES string of the molecule is Cc1ccc(-c2ccc3c(c2)CC(CNC(=O)Cc2cccc(C)c2)O3)nc1. The van der Waals surface area contributed by atoms with Crippen LogP contribution in [-0.4, -0.2) is 23.5 Å². The van der Waals surface area contributed by atoms with Crippen molar-refractivity contribution in [1.29, 1.82) is 0 Å². The Kier molecular flexibility index (Phi) is 5.11. The van der Waals surface area contributed by atoms with Crippen LogP contribution in [0.5, 0.6) is 5.75 Å². The van der Waals surface area contributed by atoms with Crippen LogP contribution in [0.1, 0.15) is 22.3 Å². The third kappa shape index (κ3) is 4.22. The second-order valence-corrected chi connectivity index (χ2v) is 7.46. The molecule has 0 radical (unpaired) electrons. The number of nitrogens with one attached hydrogen (secondary N) is 1. The number of nitrogens with zero attached hydrogens (tertiary/aromatic N) is 1. The third-order valence-electron chi connectivity index (χ3n) is 4.98. The van der Waals surface area contributed by atoms with Crippen LogP contribution in [0.25, 0.3) is 11.3 Å². The summed E-state index contributed by atoms with van der Waals surface area (Å²) in [6, 6.07) is 18.3. The van der Waals surface area contributed by atoms with E-state index < -0.39 is 0 Å². The Hall–Kier alpha value is -3.14. The van der Waals surface area contributed by atoms with Crippen molar-refractivity contribution in [1.82, 2.24) is 10.3 Å². The van der Waals surface area contributed by atoms with E-state index >= 15 is 0 Å². The molecule has 1 amide bonds. The van der Waals surface area contributed by atoms with Gasteiger partial charge in [0.15, 0.2) is 0 Å². The fourth-order valence-electron chi connectivity index (χ4n) is 3.53. The maximum atomic E-state index is 12.2. The van der Waals surface area contributed by atoms with Gasteiger partial charge < -0.3 is 10.1 Å². The number of carbonyl (C=O) groups is 1. The number of hydrogen-bond donors (Lipinski definition) is 1. The van der Waals surface area contributed by atoms with Gasteiger partial charge in [-0.05, 0) is 54.8 Å². The van der Waals surface area contributed by atoms with E-state index in [-0.39, 0.29) is 12.0 Å². The number of amides is 1. The molecule has 4 rings (SSSR count).